The Kier molecular flexibility index (Phi) is 4.97. The fourth-order valence-electron chi connectivity index (χ4n) is 1.86. The largest absolute Gasteiger partial charge is 0.382 e. The van der Waals surface area contributed by atoms with Crippen molar-refractivity contribution in [1.82, 2.24) is 0 Å². The standard InChI is InChI=1S/C14H23NO/c1-10-6-5-7-13(12(10)3)14(15)9-8-11(2)16-4/h5-7,11,14H,8-9,15H2,1-4H3. The Morgan fingerprint density at radius 2 is 1.94 bits per heavy atom. The maximum atomic E-state index is 6.21. The van der Waals surface area contributed by atoms with E-state index in [4.69, 9.17) is 10.5 Å². The van der Waals surface area contributed by atoms with E-state index in [0.29, 0.717) is 0 Å². The van der Waals surface area contributed by atoms with Gasteiger partial charge in [-0.05, 0) is 50.3 Å². The average molecular weight is 221 g/mol. The maximum Gasteiger partial charge on any atom is 0.0543 e. The number of ether oxygens (including phenoxy) is 1. The summed E-state index contributed by atoms with van der Waals surface area (Å²) in [5, 5.41) is 0. The SMILES string of the molecule is COC(C)CCC(N)c1cccc(C)c1C. The van der Waals surface area contributed by atoms with E-state index in [-0.39, 0.29) is 12.1 Å². The molecule has 0 fully saturated rings. The molecular formula is C14H23NO. The highest BCUT2D eigenvalue weighted by molar-refractivity contribution is 5.35. The van der Waals surface area contributed by atoms with Crippen LogP contribution in [0, 0.1) is 13.8 Å². The summed E-state index contributed by atoms with van der Waals surface area (Å²) in [6, 6.07) is 6.46. The van der Waals surface area contributed by atoms with E-state index >= 15 is 0 Å². The summed E-state index contributed by atoms with van der Waals surface area (Å²) in [4.78, 5) is 0. The number of nitrogens with two attached hydrogens (primary N) is 1. The van der Waals surface area contributed by atoms with E-state index in [9.17, 15) is 0 Å². The predicted molar refractivity (Wildman–Crippen MR) is 68.5 cm³/mol. The van der Waals surface area contributed by atoms with Crippen LogP contribution in [0.3, 0.4) is 0 Å². The van der Waals surface area contributed by atoms with Crippen LogP contribution in [-0.4, -0.2) is 13.2 Å². The number of aryl methyl sites for hydroxylation is 1. The van der Waals surface area contributed by atoms with E-state index in [0.717, 1.165) is 12.8 Å². The summed E-state index contributed by atoms with van der Waals surface area (Å²) in [6.45, 7) is 6.35. The lowest BCUT2D eigenvalue weighted by molar-refractivity contribution is 0.107. The van der Waals surface area contributed by atoms with E-state index < -0.39 is 0 Å². The van der Waals surface area contributed by atoms with Crippen molar-refractivity contribution in [3.63, 3.8) is 0 Å². The Balaban J connectivity index is 2.66. The van der Waals surface area contributed by atoms with E-state index in [1.54, 1.807) is 7.11 Å². The lowest BCUT2D eigenvalue weighted by Crippen LogP contribution is -2.15. The molecule has 0 aliphatic carbocycles. The molecule has 2 atom stereocenters. The lowest BCUT2D eigenvalue weighted by Gasteiger charge is -2.18. The van der Waals surface area contributed by atoms with Crippen LogP contribution in [0.5, 0.6) is 0 Å². The van der Waals surface area contributed by atoms with Gasteiger partial charge in [0.2, 0.25) is 0 Å². The second kappa shape index (κ2) is 6.02. The molecule has 1 rings (SSSR count). The third kappa shape index (κ3) is 3.32. The first-order valence-electron chi connectivity index (χ1n) is 5.90. The van der Waals surface area contributed by atoms with Crippen molar-refractivity contribution < 1.29 is 4.74 Å². The third-order valence-electron chi connectivity index (χ3n) is 3.33. The zero-order valence-electron chi connectivity index (χ0n) is 10.8. The number of hydrogen-bond acceptors (Lipinski definition) is 2. The fraction of sp³-hybridized carbons (Fsp3) is 0.571. The van der Waals surface area contributed by atoms with Crippen LogP contribution in [0.2, 0.25) is 0 Å². The summed E-state index contributed by atoms with van der Waals surface area (Å²) in [7, 11) is 1.74. The minimum Gasteiger partial charge on any atom is -0.382 e. The van der Waals surface area contributed by atoms with E-state index in [2.05, 4.69) is 39.0 Å². The first kappa shape index (κ1) is 13.2. The molecule has 0 aliphatic rings. The minimum atomic E-state index is 0.123. The average Bonchev–Trinajstić information content (AvgIpc) is 2.29. The molecule has 0 spiro atoms. The smallest absolute Gasteiger partial charge is 0.0543 e. The highest BCUT2D eigenvalue weighted by Crippen LogP contribution is 2.22. The highest BCUT2D eigenvalue weighted by atomic mass is 16.5. The van der Waals surface area contributed by atoms with Crippen molar-refractivity contribution in [2.45, 2.75) is 45.8 Å². The molecule has 2 heteroatoms. The molecule has 16 heavy (non-hydrogen) atoms. The summed E-state index contributed by atoms with van der Waals surface area (Å²) >= 11 is 0. The van der Waals surface area contributed by atoms with Gasteiger partial charge in [0.15, 0.2) is 0 Å². The molecule has 0 amide bonds. The summed E-state index contributed by atoms with van der Waals surface area (Å²) < 4.78 is 5.23. The molecule has 0 saturated heterocycles. The van der Waals surface area contributed by atoms with Gasteiger partial charge in [0.05, 0.1) is 6.10 Å². The van der Waals surface area contributed by atoms with Crippen LogP contribution in [0.1, 0.15) is 42.5 Å². The van der Waals surface area contributed by atoms with Gasteiger partial charge >= 0.3 is 0 Å². The molecule has 90 valence electrons. The molecule has 2 unspecified atom stereocenters. The van der Waals surface area contributed by atoms with Crippen LogP contribution in [0.25, 0.3) is 0 Å². The number of benzene rings is 1. The van der Waals surface area contributed by atoms with Gasteiger partial charge in [-0.2, -0.15) is 0 Å². The molecular weight excluding hydrogens is 198 g/mol. The van der Waals surface area contributed by atoms with Crippen molar-refractivity contribution in [3.05, 3.63) is 34.9 Å². The van der Waals surface area contributed by atoms with Gasteiger partial charge in [0.1, 0.15) is 0 Å². The van der Waals surface area contributed by atoms with Crippen LogP contribution >= 0.6 is 0 Å². The summed E-state index contributed by atoms with van der Waals surface area (Å²) in [6.07, 6.45) is 2.26. The van der Waals surface area contributed by atoms with Gasteiger partial charge < -0.3 is 10.5 Å². The number of rotatable bonds is 5. The monoisotopic (exact) mass is 221 g/mol. The molecule has 2 nitrogen and oxygen atoms in total. The molecule has 0 saturated carbocycles. The van der Waals surface area contributed by atoms with Gasteiger partial charge in [-0.25, -0.2) is 0 Å². The molecule has 0 aromatic heterocycles. The predicted octanol–water partition coefficient (Wildman–Crippen LogP) is 3.12. The van der Waals surface area contributed by atoms with Gasteiger partial charge in [-0.1, -0.05) is 18.2 Å². The van der Waals surface area contributed by atoms with Crippen LogP contribution < -0.4 is 5.73 Å². The van der Waals surface area contributed by atoms with Crippen LogP contribution in [0.4, 0.5) is 0 Å². The normalized spacial score (nSPS) is 14.8. The van der Waals surface area contributed by atoms with Gasteiger partial charge in [-0.3, -0.25) is 0 Å². The topological polar surface area (TPSA) is 35.2 Å². The molecule has 0 aliphatic heterocycles. The Hall–Kier alpha value is -0.860. The minimum absolute atomic E-state index is 0.123. The Bertz CT molecular complexity index is 336. The molecule has 0 radical (unpaired) electrons. The van der Waals surface area contributed by atoms with Crippen molar-refractivity contribution in [1.29, 1.82) is 0 Å². The Morgan fingerprint density at radius 1 is 1.25 bits per heavy atom. The summed E-state index contributed by atoms with van der Waals surface area (Å²) in [5.74, 6) is 0. The zero-order valence-corrected chi connectivity index (χ0v) is 10.8. The second-order valence-corrected chi connectivity index (χ2v) is 4.52. The van der Waals surface area contributed by atoms with Crippen molar-refractivity contribution in [2.75, 3.05) is 7.11 Å². The van der Waals surface area contributed by atoms with Gasteiger partial charge in [0.25, 0.3) is 0 Å². The fourth-order valence-corrected chi connectivity index (χ4v) is 1.86. The van der Waals surface area contributed by atoms with E-state index in [1.165, 1.54) is 16.7 Å². The zero-order chi connectivity index (χ0) is 12.1. The number of methoxy groups -OCH3 is 1. The maximum absolute atomic E-state index is 6.21. The first-order chi connectivity index (χ1) is 7.56. The van der Waals surface area contributed by atoms with Crippen molar-refractivity contribution in [2.24, 2.45) is 5.73 Å². The van der Waals surface area contributed by atoms with Gasteiger partial charge in [0, 0.05) is 13.2 Å². The van der Waals surface area contributed by atoms with Gasteiger partial charge in [-0.15, -0.1) is 0 Å². The second-order valence-electron chi connectivity index (χ2n) is 4.52. The van der Waals surface area contributed by atoms with E-state index in [1.807, 2.05) is 0 Å². The Labute approximate surface area is 98.8 Å². The van der Waals surface area contributed by atoms with Crippen LogP contribution in [0.15, 0.2) is 18.2 Å². The van der Waals surface area contributed by atoms with Crippen LogP contribution in [-0.2, 0) is 4.74 Å². The quantitative estimate of drug-likeness (QED) is 0.829. The highest BCUT2D eigenvalue weighted by Gasteiger charge is 2.11. The summed E-state index contributed by atoms with van der Waals surface area (Å²) in [5.41, 5.74) is 10.1. The molecule has 1 aromatic rings. The van der Waals surface area contributed by atoms with Crippen molar-refractivity contribution >= 4 is 0 Å². The first-order valence-corrected chi connectivity index (χ1v) is 5.90. The molecule has 0 bridgehead atoms. The lowest BCUT2D eigenvalue weighted by atomic mass is 9.94. The molecule has 1 aromatic carbocycles. The van der Waals surface area contributed by atoms with Crippen molar-refractivity contribution in [3.8, 4) is 0 Å². The Morgan fingerprint density at radius 3 is 2.56 bits per heavy atom. The number of hydrogen-bond donors (Lipinski definition) is 1. The third-order valence-corrected chi connectivity index (χ3v) is 3.33. The molecule has 0 heterocycles. The molecule has 2 N–H and O–H groups in total.